The first-order valence-electron chi connectivity index (χ1n) is 5.42. The standard InChI is InChI=1S/C12H15BrClNO2/c1-8(16)3-2-6-15-12(17)10-7-9(13)4-5-11(10)14/h4-5,7-8,16H,2-3,6H2,1H3,(H,15,17). The Morgan fingerprint density at radius 3 is 2.94 bits per heavy atom. The molecular formula is C12H15BrClNO2. The lowest BCUT2D eigenvalue weighted by Gasteiger charge is -2.08. The number of amides is 1. The van der Waals surface area contributed by atoms with Gasteiger partial charge in [0, 0.05) is 11.0 Å². The Bertz CT molecular complexity index is 396. The molecule has 1 aromatic rings. The molecule has 0 aliphatic rings. The third kappa shape index (κ3) is 5.06. The summed E-state index contributed by atoms with van der Waals surface area (Å²) in [6.07, 6.45) is 1.09. The molecule has 0 saturated carbocycles. The molecule has 1 amide bonds. The van der Waals surface area contributed by atoms with Gasteiger partial charge in [-0.05, 0) is 38.0 Å². The molecule has 1 unspecified atom stereocenters. The van der Waals surface area contributed by atoms with Crippen LogP contribution in [-0.4, -0.2) is 23.7 Å². The van der Waals surface area contributed by atoms with Crippen molar-refractivity contribution in [2.45, 2.75) is 25.9 Å². The minimum absolute atomic E-state index is 0.193. The number of halogens is 2. The van der Waals surface area contributed by atoms with Gasteiger partial charge in [0.25, 0.3) is 5.91 Å². The van der Waals surface area contributed by atoms with Crippen LogP contribution in [-0.2, 0) is 0 Å². The highest BCUT2D eigenvalue weighted by atomic mass is 79.9. The van der Waals surface area contributed by atoms with Crippen LogP contribution < -0.4 is 5.32 Å². The van der Waals surface area contributed by atoms with E-state index in [1.54, 1.807) is 25.1 Å². The van der Waals surface area contributed by atoms with Gasteiger partial charge in [0.15, 0.2) is 0 Å². The fraction of sp³-hybridized carbons (Fsp3) is 0.417. The maximum Gasteiger partial charge on any atom is 0.252 e. The molecule has 5 heteroatoms. The second kappa shape index (κ2) is 6.99. The van der Waals surface area contributed by atoms with Crippen molar-refractivity contribution in [1.82, 2.24) is 5.32 Å². The van der Waals surface area contributed by atoms with Crippen LogP contribution in [0.4, 0.5) is 0 Å². The fourth-order valence-electron chi connectivity index (χ4n) is 1.37. The molecule has 1 atom stereocenters. The van der Waals surface area contributed by atoms with Crippen molar-refractivity contribution in [3.8, 4) is 0 Å². The van der Waals surface area contributed by atoms with Crippen molar-refractivity contribution in [2.75, 3.05) is 6.54 Å². The third-order valence-electron chi connectivity index (χ3n) is 2.26. The van der Waals surface area contributed by atoms with Crippen LogP contribution >= 0.6 is 27.5 Å². The first-order chi connectivity index (χ1) is 8.00. The van der Waals surface area contributed by atoms with Gasteiger partial charge in [0.05, 0.1) is 16.7 Å². The van der Waals surface area contributed by atoms with Crippen LogP contribution in [0.15, 0.2) is 22.7 Å². The smallest absolute Gasteiger partial charge is 0.252 e. The zero-order valence-electron chi connectivity index (χ0n) is 9.54. The van der Waals surface area contributed by atoms with Crippen LogP contribution in [0.3, 0.4) is 0 Å². The Labute approximate surface area is 114 Å². The lowest BCUT2D eigenvalue weighted by atomic mass is 10.2. The van der Waals surface area contributed by atoms with Crippen molar-refractivity contribution >= 4 is 33.4 Å². The summed E-state index contributed by atoms with van der Waals surface area (Å²) in [6, 6.07) is 5.15. The van der Waals surface area contributed by atoms with Crippen molar-refractivity contribution in [1.29, 1.82) is 0 Å². The summed E-state index contributed by atoms with van der Waals surface area (Å²) in [6.45, 7) is 2.26. The summed E-state index contributed by atoms with van der Waals surface area (Å²) >= 11 is 9.23. The molecular weight excluding hydrogens is 305 g/mol. The molecule has 0 spiro atoms. The highest BCUT2D eigenvalue weighted by Crippen LogP contribution is 2.20. The first kappa shape index (κ1) is 14.5. The van der Waals surface area contributed by atoms with Gasteiger partial charge in [0.1, 0.15) is 0 Å². The second-order valence-corrected chi connectivity index (χ2v) is 5.19. The fourth-order valence-corrected chi connectivity index (χ4v) is 1.93. The summed E-state index contributed by atoms with van der Waals surface area (Å²) in [5, 5.41) is 12.3. The number of rotatable bonds is 5. The van der Waals surface area contributed by atoms with E-state index >= 15 is 0 Å². The lowest BCUT2D eigenvalue weighted by Crippen LogP contribution is -2.25. The van der Waals surface area contributed by atoms with E-state index in [-0.39, 0.29) is 12.0 Å². The molecule has 0 fully saturated rings. The van der Waals surface area contributed by atoms with Crippen LogP contribution in [0.1, 0.15) is 30.1 Å². The third-order valence-corrected chi connectivity index (χ3v) is 3.08. The average molecular weight is 321 g/mol. The number of aliphatic hydroxyl groups excluding tert-OH is 1. The molecule has 0 aromatic heterocycles. The van der Waals surface area contributed by atoms with Gasteiger partial charge in [-0.1, -0.05) is 27.5 Å². The van der Waals surface area contributed by atoms with E-state index in [9.17, 15) is 4.79 Å². The maximum atomic E-state index is 11.8. The van der Waals surface area contributed by atoms with Crippen LogP contribution in [0.5, 0.6) is 0 Å². The zero-order chi connectivity index (χ0) is 12.8. The van der Waals surface area contributed by atoms with E-state index in [4.69, 9.17) is 16.7 Å². The molecule has 1 aromatic carbocycles. The largest absolute Gasteiger partial charge is 0.393 e. The van der Waals surface area contributed by atoms with Crippen molar-refractivity contribution < 1.29 is 9.90 Å². The van der Waals surface area contributed by atoms with Crippen molar-refractivity contribution in [2.24, 2.45) is 0 Å². The topological polar surface area (TPSA) is 49.3 Å². The highest BCUT2D eigenvalue weighted by Gasteiger charge is 2.10. The molecule has 94 valence electrons. The summed E-state index contributed by atoms with van der Waals surface area (Å²) in [5.74, 6) is -0.193. The Morgan fingerprint density at radius 1 is 1.59 bits per heavy atom. The number of carbonyl (C=O) groups is 1. The van der Waals surface area contributed by atoms with Crippen LogP contribution in [0.25, 0.3) is 0 Å². The first-order valence-corrected chi connectivity index (χ1v) is 6.59. The molecule has 17 heavy (non-hydrogen) atoms. The van der Waals surface area contributed by atoms with Crippen molar-refractivity contribution in [3.63, 3.8) is 0 Å². The molecule has 0 heterocycles. The van der Waals surface area contributed by atoms with Gasteiger partial charge in [-0.3, -0.25) is 4.79 Å². The molecule has 3 nitrogen and oxygen atoms in total. The highest BCUT2D eigenvalue weighted by molar-refractivity contribution is 9.10. The molecule has 0 bridgehead atoms. The van der Waals surface area contributed by atoms with Crippen LogP contribution in [0, 0.1) is 0 Å². The predicted molar refractivity (Wildman–Crippen MR) is 72.4 cm³/mol. The minimum atomic E-state index is -0.332. The number of hydrogen-bond acceptors (Lipinski definition) is 2. The predicted octanol–water partition coefficient (Wildman–Crippen LogP) is 2.99. The molecule has 0 radical (unpaired) electrons. The molecule has 1 rings (SSSR count). The Kier molecular flexibility index (Phi) is 5.95. The van der Waals surface area contributed by atoms with Gasteiger partial charge in [-0.25, -0.2) is 0 Å². The SMILES string of the molecule is CC(O)CCCNC(=O)c1cc(Br)ccc1Cl. The monoisotopic (exact) mass is 319 g/mol. The number of aliphatic hydroxyl groups is 1. The zero-order valence-corrected chi connectivity index (χ0v) is 11.9. The average Bonchev–Trinajstić information content (AvgIpc) is 2.27. The summed E-state index contributed by atoms with van der Waals surface area (Å²) < 4.78 is 0.816. The normalized spacial score (nSPS) is 12.2. The quantitative estimate of drug-likeness (QED) is 0.819. The molecule has 0 saturated heterocycles. The minimum Gasteiger partial charge on any atom is -0.393 e. The molecule has 0 aliphatic carbocycles. The van der Waals surface area contributed by atoms with E-state index in [0.29, 0.717) is 23.6 Å². The molecule has 0 aliphatic heterocycles. The van der Waals surface area contributed by atoms with Gasteiger partial charge >= 0.3 is 0 Å². The Balaban J connectivity index is 2.49. The summed E-state index contributed by atoms with van der Waals surface area (Å²) in [5.41, 5.74) is 0.457. The summed E-state index contributed by atoms with van der Waals surface area (Å²) in [7, 11) is 0. The lowest BCUT2D eigenvalue weighted by molar-refractivity contribution is 0.0949. The number of carbonyl (C=O) groups excluding carboxylic acids is 1. The van der Waals surface area contributed by atoms with Gasteiger partial charge in [0.2, 0.25) is 0 Å². The van der Waals surface area contributed by atoms with E-state index < -0.39 is 0 Å². The van der Waals surface area contributed by atoms with E-state index in [2.05, 4.69) is 21.2 Å². The van der Waals surface area contributed by atoms with Gasteiger partial charge in [-0.15, -0.1) is 0 Å². The van der Waals surface area contributed by atoms with E-state index in [0.717, 1.165) is 10.9 Å². The van der Waals surface area contributed by atoms with Crippen molar-refractivity contribution in [3.05, 3.63) is 33.3 Å². The number of benzene rings is 1. The Morgan fingerprint density at radius 2 is 2.29 bits per heavy atom. The number of nitrogens with one attached hydrogen (secondary N) is 1. The molecule has 2 N–H and O–H groups in total. The van der Waals surface area contributed by atoms with Crippen LogP contribution in [0.2, 0.25) is 5.02 Å². The van der Waals surface area contributed by atoms with E-state index in [1.807, 2.05) is 0 Å². The second-order valence-electron chi connectivity index (χ2n) is 3.87. The van der Waals surface area contributed by atoms with Gasteiger partial charge in [-0.2, -0.15) is 0 Å². The maximum absolute atomic E-state index is 11.8. The summed E-state index contributed by atoms with van der Waals surface area (Å²) in [4.78, 5) is 11.8. The van der Waals surface area contributed by atoms with Gasteiger partial charge < -0.3 is 10.4 Å². The Hall–Kier alpha value is -0.580. The van der Waals surface area contributed by atoms with E-state index in [1.165, 1.54) is 0 Å². The number of hydrogen-bond donors (Lipinski definition) is 2.